The Morgan fingerprint density at radius 2 is 1.94 bits per heavy atom. The number of unbranched alkanes of at least 4 members (excludes halogenated alkanes) is 3. The van der Waals surface area contributed by atoms with Gasteiger partial charge in [-0.05, 0) is 45.6 Å². The fourth-order valence-corrected chi connectivity index (χ4v) is 2.83. The molecule has 0 radical (unpaired) electrons. The van der Waals surface area contributed by atoms with Gasteiger partial charge in [-0.15, -0.1) is 0 Å². The third kappa shape index (κ3) is 4.30. The molecule has 2 unspecified atom stereocenters. The van der Waals surface area contributed by atoms with Gasteiger partial charge in [0.1, 0.15) is 0 Å². The van der Waals surface area contributed by atoms with Crippen molar-refractivity contribution in [2.45, 2.75) is 77.3 Å². The molecule has 0 spiro atoms. The molecule has 0 aromatic carbocycles. The molecule has 1 rings (SSSR count). The smallest absolute Gasteiger partial charge is 0.223 e. The Bertz CT molecular complexity index is 230. The van der Waals surface area contributed by atoms with Gasteiger partial charge in [-0.2, -0.15) is 0 Å². The lowest BCUT2D eigenvalue weighted by molar-refractivity contribution is -0.134. The number of nitrogens with zero attached hydrogens (tertiary/aromatic N) is 1. The molecule has 1 amide bonds. The van der Waals surface area contributed by atoms with Gasteiger partial charge in [0.2, 0.25) is 5.91 Å². The third-order valence-electron chi connectivity index (χ3n) is 3.89. The fraction of sp³-hybridized carbons (Fsp3) is 0.929. The van der Waals surface area contributed by atoms with Crippen molar-refractivity contribution in [1.29, 1.82) is 0 Å². The molecule has 0 aliphatic carbocycles. The predicted molar refractivity (Wildman–Crippen MR) is 71.8 cm³/mol. The summed E-state index contributed by atoms with van der Waals surface area (Å²) in [5.41, 5.74) is 5.45. The molecule has 0 aromatic heterocycles. The maximum absolute atomic E-state index is 12.2. The highest BCUT2D eigenvalue weighted by Gasteiger charge is 2.32. The van der Waals surface area contributed by atoms with Crippen LogP contribution in [0.2, 0.25) is 0 Å². The van der Waals surface area contributed by atoms with Crippen LogP contribution in [0.1, 0.15) is 65.2 Å². The van der Waals surface area contributed by atoms with E-state index in [0.29, 0.717) is 18.0 Å². The molecule has 3 heteroatoms. The van der Waals surface area contributed by atoms with E-state index < -0.39 is 0 Å². The Kier molecular flexibility index (Phi) is 6.56. The number of hydrogen-bond acceptors (Lipinski definition) is 2. The fourth-order valence-electron chi connectivity index (χ4n) is 2.83. The van der Waals surface area contributed by atoms with Crippen molar-refractivity contribution in [3.05, 3.63) is 0 Å². The van der Waals surface area contributed by atoms with Crippen LogP contribution in [0.25, 0.3) is 0 Å². The first kappa shape index (κ1) is 14.5. The molecule has 0 aromatic rings. The topological polar surface area (TPSA) is 46.3 Å². The number of likely N-dealkylation sites (tertiary alicyclic amines) is 1. The van der Waals surface area contributed by atoms with E-state index in [1.165, 1.54) is 12.8 Å². The number of nitrogens with two attached hydrogens (primary N) is 1. The molecule has 1 saturated heterocycles. The average Bonchev–Trinajstić information content (AvgIpc) is 2.70. The van der Waals surface area contributed by atoms with E-state index >= 15 is 0 Å². The second-order valence-corrected chi connectivity index (χ2v) is 5.24. The first-order valence-corrected chi connectivity index (χ1v) is 7.22. The van der Waals surface area contributed by atoms with Crippen LogP contribution in [-0.4, -0.2) is 29.4 Å². The van der Waals surface area contributed by atoms with Gasteiger partial charge in [0.05, 0.1) is 0 Å². The van der Waals surface area contributed by atoms with Crippen LogP contribution in [0, 0.1) is 0 Å². The van der Waals surface area contributed by atoms with Gasteiger partial charge in [0.15, 0.2) is 0 Å². The van der Waals surface area contributed by atoms with Gasteiger partial charge in [-0.25, -0.2) is 0 Å². The van der Waals surface area contributed by atoms with Crippen LogP contribution in [0.15, 0.2) is 0 Å². The van der Waals surface area contributed by atoms with Gasteiger partial charge in [0.25, 0.3) is 0 Å². The summed E-state index contributed by atoms with van der Waals surface area (Å²) in [4.78, 5) is 14.3. The van der Waals surface area contributed by atoms with Crippen molar-refractivity contribution >= 4 is 5.91 Å². The molecule has 2 N–H and O–H groups in total. The Morgan fingerprint density at radius 1 is 1.24 bits per heavy atom. The van der Waals surface area contributed by atoms with Gasteiger partial charge < -0.3 is 10.6 Å². The van der Waals surface area contributed by atoms with Crippen LogP contribution < -0.4 is 5.73 Å². The van der Waals surface area contributed by atoms with Crippen LogP contribution in [0.5, 0.6) is 0 Å². The molecular weight excluding hydrogens is 212 g/mol. The summed E-state index contributed by atoms with van der Waals surface area (Å²) < 4.78 is 0. The Morgan fingerprint density at radius 3 is 2.59 bits per heavy atom. The van der Waals surface area contributed by atoms with Gasteiger partial charge in [-0.1, -0.05) is 19.8 Å². The molecule has 1 fully saturated rings. The predicted octanol–water partition coefficient (Wildman–Crippen LogP) is 2.69. The van der Waals surface area contributed by atoms with Crippen molar-refractivity contribution < 1.29 is 4.79 Å². The van der Waals surface area contributed by atoms with E-state index in [2.05, 4.69) is 18.7 Å². The lowest BCUT2D eigenvalue weighted by atomic mass is 10.1. The largest absolute Gasteiger partial charge is 0.337 e. The lowest BCUT2D eigenvalue weighted by Gasteiger charge is -2.28. The summed E-state index contributed by atoms with van der Waals surface area (Å²) in [5.74, 6) is 0.370. The second-order valence-electron chi connectivity index (χ2n) is 5.24. The molecule has 0 saturated carbocycles. The zero-order valence-electron chi connectivity index (χ0n) is 11.5. The van der Waals surface area contributed by atoms with Crippen molar-refractivity contribution in [1.82, 2.24) is 4.90 Å². The summed E-state index contributed by atoms with van der Waals surface area (Å²) in [6, 6.07) is 0.957. The monoisotopic (exact) mass is 240 g/mol. The summed E-state index contributed by atoms with van der Waals surface area (Å²) in [7, 11) is 0. The number of hydrogen-bond donors (Lipinski definition) is 1. The van der Waals surface area contributed by atoms with Crippen molar-refractivity contribution in [2.24, 2.45) is 5.73 Å². The van der Waals surface area contributed by atoms with Gasteiger partial charge >= 0.3 is 0 Å². The maximum Gasteiger partial charge on any atom is 0.223 e. The number of amides is 1. The second kappa shape index (κ2) is 7.70. The average molecular weight is 240 g/mol. The zero-order valence-corrected chi connectivity index (χ0v) is 11.5. The molecule has 1 heterocycles. The highest BCUT2D eigenvalue weighted by Crippen LogP contribution is 2.27. The SMILES string of the molecule is CCC1CCC(C)N1C(=O)CCCCCCN. The summed E-state index contributed by atoms with van der Waals surface area (Å²) in [6.45, 7) is 5.14. The van der Waals surface area contributed by atoms with Crippen LogP contribution in [0.3, 0.4) is 0 Å². The molecule has 17 heavy (non-hydrogen) atoms. The van der Waals surface area contributed by atoms with Gasteiger partial charge in [-0.3, -0.25) is 4.79 Å². The molecule has 2 atom stereocenters. The molecule has 1 aliphatic rings. The van der Waals surface area contributed by atoms with Crippen molar-refractivity contribution in [2.75, 3.05) is 6.54 Å². The first-order chi connectivity index (χ1) is 8.20. The van der Waals surface area contributed by atoms with Crippen LogP contribution in [-0.2, 0) is 4.79 Å². The van der Waals surface area contributed by atoms with Gasteiger partial charge in [0, 0.05) is 18.5 Å². The Balaban J connectivity index is 2.26. The Labute approximate surface area is 106 Å². The summed E-state index contributed by atoms with van der Waals surface area (Å²) >= 11 is 0. The quantitative estimate of drug-likeness (QED) is 0.695. The van der Waals surface area contributed by atoms with Crippen LogP contribution in [0.4, 0.5) is 0 Å². The minimum atomic E-state index is 0.370. The summed E-state index contributed by atoms with van der Waals surface area (Å²) in [5, 5.41) is 0. The highest BCUT2D eigenvalue weighted by atomic mass is 16.2. The maximum atomic E-state index is 12.2. The van der Waals surface area contributed by atoms with E-state index in [1.807, 2.05) is 0 Å². The zero-order chi connectivity index (χ0) is 12.7. The number of rotatable bonds is 7. The molecule has 1 aliphatic heterocycles. The third-order valence-corrected chi connectivity index (χ3v) is 3.89. The van der Waals surface area contributed by atoms with E-state index in [4.69, 9.17) is 5.73 Å². The van der Waals surface area contributed by atoms with E-state index in [9.17, 15) is 4.79 Å². The minimum absolute atomic E-state index is 0.370. The van der Waals surface area contributed by atoms with E-state index in [-0.39, 0.29) is 0 Å². The normalized spacial score (nSPS) is 24.3. The number of carbonyl (C=O) groups is 1. The summed E-state index contributed by atoms with van der Waals surface area (Å²) in [6.07, 6.45) is 8.62. The minimum Gasteiger partial charge on any atom is -0.337 e. The Hall–Kier alpha value is -0.570. The number of carbonyl (C=O) groups excluding carboxylic acids is 1. The van der Waals surface area contributed by atoms with Crippen LogP contribution >= 0.6 is 0 Å². The standard InChI is InChI=1S/C14H28N2O/c1-3-13-10-9-12(2)16(13)14(17)8-6-4-5-7-11-15/h12-13H,3-11,15H2,1-2H3. The lowest BCUT2D eigenvalue weighted by Crippen LogP contribution is -2.39. The van der Waals surface area contributed by atoms with Crippen molar-refractivity contribution in [3.63, 3.8) is 0 Å². The highest BCUT2D eigenvalue weighted by molar-refractivity contribution is 5.77. The van der Waals surface area contributed by atoms with Crippen molar-refractivity contribution in [3.8, 4) is 0 Å². The van der Waals surface area contributed by atoms with E-state index in [1.54, 1.807) is 0 Å². The molecule has 100 valence electrons. The molecule has 3 nitrogen and oxygen atoms in total. The van der Waals surface area contributed by atoms with E-state index in [0.717, 1.165) is 45.1 Å². The molecular formula is C14H28N2O. The first-order valence-electron chi connectivity index (χ1n) is 7.22. The molecule has 0 bridgehead atoms.